The molecule has 6 nitrogen and oxygen atoms in total. The van der Waals surface area contributed by atoms with Gasteiger partial charge in [0.25, 0.3) is 11.6 Å². The molecule has 0 spiro atoms. The minimum Gasteiger partial charge on any atom is -0.357 e. The third kappa shape index (κ3) is 4.19. The SMILES string of the molecule is CCc1ccc(N[C@H]2NC(=O)/C(=C/c3cccc([N+](=O)[O-])c3)S2)cc1. The number of thioether (sulfide) groups is 1. The molecule has 1 heterocycles. The minimum absolute atomic E-state index is 0.00319. The maximum atomic E-state index is 12.1. The molecule has 1 aliphatic rings. The summed E-state index contributed by atoms with van der Waals surface area (Å²) in [7, 11) is 0. The quantitative estimate of drug-likeness (QED) is 0.485. The number of nitro benzene ring substituents is 1. The van der Waals surface area contributed by atoms with E-state index < -0.39 is 4.92 Å². The molecule has 0 aromatic heterocycles. The van der Waals surface area contributed by atoms with Gasteiger partial charge in [-0.2, -0.15) is 0 Å². The van der Waals surface area contributed by atoms with E-state index in [0.29, 0.717) is 10.5 Å². The van der Waals surface area contributed by atoms with Gasteiger partial charge in [0.2, 0.25) is 0 Å². The van der Waals surface area contributed by atoms with Crippen molar-refractivity contribution in [1.29, 1.82) is 0 Å². The zero-order chi connectivity index (χ0) is 17.8. The Morgan fingerprint density at radius 3 is 2.72 bits per heavy atom. The zero-order valence-electron chi connectivity index (χ0n) is 13.6. The van der Waals surface area contributed by atoms with Crippen LogP contribution in [0, 0.1) is 10.1 Å². The van der Waals surface area contributed by atoms with E-state index in [2.05, 4.69) is 17.6 Å². The molecule has 7 heteroatoms. The number of nitrogens with zero attached hydrogens (tertiary/aromatic N) is 1. The number of amides is 1. The lowest BCUT2D eigenvalue weighted by Gasteiger charge is -2.12. The van der Waals surface area contributed by atoms with Crippen molar-refractivity contribution in [2.24, 2.45) is 0 Å². The van der Waals surface area contributed by atoms with Crippen LogP contribution in [-0.2, 0) is 11.2 Å². The van der Waals surface area contributed by atoms with E-state index in [1.165, 1.54) is 29.5 Å². The van der Waals surface area contributed by atoms with E-state index in [1.807, 2.05) is 24.3 Å². The molecule has 128 valence electrons. The standard InChI is InChI=1S/C18H17N3O3S/c1-2-12-6-8-14(9-7-12)19-18-20-17(22)16(25-18)11-13-4-3-5-15(10-13)21(23)24/h3-11,18-19H,2H2,1H3,(H,20,22)/b16-11-/t18-/m0/s1. The van der Waals surface area contributed by atoms with Gasteiger partial charge >= 0.3 is 0 Å². The molecule has 2 N–H and O–H groups in total. The molecule has 2 aromatic carbocycles. The summed E-state index contributed by atoms with van der Waals surface area (Å²) in [6.07, 6.45) is 2.64. The Morgan fingerprint density at radius 1 is 1.28 bits per heavy atom. The van der Waals surface area contributed by atoms with E-state index in [-0.39, 0.29) is 17.1 Å². The van der Waals surface area contributed by atoms with Crippen LogP contribution in [0.4, 0.5) is 11.4 Å². The first-order chi connectivity index (χ1) is 12.0. The molecule has 1 aliphatic heterocycles. The second-order valence-electron chi connectivity index (χ2n) is 5.53. The highest BCUT2D eigenvalue weighted by Gasteiger charge is 2.27. The van der Waals surface area contributed by atoms with E-state index in [9.17, 15) is 14.9 Å². The number of carbonyl (C=O) groups is 1. The summed E-state index contributed by atoms with van der Waals surface area (Å²) in [5.41, 5.74) is 2.53. The largest absolute Gasteiger partial charge is 0.357 e. The van der Waals surface area contributed by atoms with Crippen LogP contribution in [0.25, 0.3) is 6.08 Å². The minimum atomic E-state index is -0.450. The van der Waals surface area contributed by atoms with Gasteiger partial charge in [-0.3, -0.25) is 14.9 Å². The predicted molar refractivity (Wildman–Crippen MR) is 100 cm³/mol. The van der Waals surface area contributed by atoms with Crippen LogP contribution in [0.2, 0.25) is 0 Å². The third-order valence-electron chi connectivity index (χ3n) is 3.77. The van der Waals surface area contributed by atoms with Gasteiger partial charge in [-0.15, -0.1) is 0 Å². The number of carbonyl (C=O) groups excluding carboxylic acids is 1. The number of rotatable bonds is 5. The molecule has 0 saturated carbocycles. The Bertz CT molecular complexity index is 834. The highest BCUT2D eigenvalue weighted by Crippen LogP contribution is 2.30. The molecule has 0 aliphatic carbocycles. The van der Waals surface area contributed by atoms with Gasteiger partial charge < -0.3 is 10.6 Å². The summed E-state index contributed by atoms with van der Waals surface area (Å²) in [5.74, 6) is -0.195. The van der Waals surface area contributed by atoms with Crippen LogP contribution in [0.15, 0.2) is 53.4 Å². The lowest BCUT2D eigenvalue weighted by atomic mass is 10.1. The number of nitrogens with one attached hydrogen (secondary N) is 2. The number of anilines is 1. The van der Waals surface area contributed by atoms with Crippen molar-refractivity contribution in [3.8, 4) is 0 Å². The first-order valence-corrected chi connectivity index (χ1v) is 8.72. The van der Waals surface area contributed by atoms with Crippen molar-refractivity contribution >= 4 is 35.1 Å². The lowest BCUT2D eigenvalue weighted by Crippen LogP contribution is -2.30. The molecule has 0 unspecified atom stereocenters. The number of hydrogen-bond acceptors (Lipinski definition) is 5. The van der Waals surface area contributed by atoms with E-state index in [1.54, 1.807) is 18.2 Å². The van der Waals surface area contributed by atoms with Crippen molar-refractivity contribution in [3.63, 3.8) is 0 Å². The van der Waals surface area contributed by atoms with Gasteiger partial charge in [0.1, 0.15) is 0 Å². The molecule has 0 bridgehead atoms. The van der Waals surface area contributed by atoms with Crippen molar-refractivity contribution in [3.05, 3.63) is 74.7 Å². The molecular weight excluding hydrogens is 338 g/mol. The van der Waals surface area contributed by atoms with E-state index in [4.69, 9.17) is 0 Å². The van der Waals surface area contributed by atoms with Crippen LogP contribution < -0.4 is 10.6 Å². The molecule has 3 rings (SSSR count). The summed E-state index contributed by atoms with van der Waals surface area (Å²) in [6.45, 7) is 2.10. The second kappa shape index (κ2) is 7.40. The fourth-order valence-corrected chi connectivity index (χ4v) is 3.42. The molecule has 1 fully saturated rings. The number of hydrogen-bond donors (Lipinski definition) is 2. The third-order valence-corrected chi connectivity index (χ3v) is 4.80. The topological polar surface area (TPSA) is 84.3 Å². The van der Waals surface area contributed by atoms with Crippen molar-refractivity contribution in [1.82, 2.24) is 5.32 Å². The summed E-state index contributed by atoms with van der Waals surface area (Å²) in [5, 5.41) is 16.9. The maximum absolute atomic E-state index is 12.1. The summed E-state index contributed by atoms with van der Waals surface area (Å²) in [4.78, 5) is 23.0. The molecule has 1 saturated heterocycles. The van der Waals surface area contributed by atoms with Crippen molar-refractivity contribution < 1.29 is 9.72 Å². The van der Waals surface area contributed by atoms with Gasteiger partial charge in [0.05, 0.1) is 9.83 Å². The van der Waals surface area contributed by atoms with Crippen LogP contribution in [0.1, 0.15) is 18.1 Å². The lowest BCUT2D eigenvalue weighted by molar-refractivity contribution is -0.384. The van der Waals surface area contributed by atoms with Crippen molar-refractivity contribution in [2.45, 2.75) is 18.8 Å². The summed E-state index contributed by atoms with van der Waals surface area (Å²) >= 11 is 1.35. The number of benzene rings is 2. The fraction of sp³-hybridized carbons (Fsp3) is 0.167. The van der Waals surface area contributed by atoms with Gasteiger partial charge in [-0.1, -0.05) is 43.0 Å². The van der Waals surface area contributed by atoms with Gasteiger partial charge in [-0.25, -0.2) is 0 Å². The van der Waals surface area contributed by atoms with Crippen LogP contribution >= 0.6 is 11.8 Å². The van der Waals surface area contributed by atoms with Gasteiger partial charge in [-0.05, 0) is 35.8 Å². The Hall–Kier alpha value is -2.80. The van der Waals surface area contributed by atoms with Gasteiger partial charge in [0, 0.05) is 17.8 Å². The Kier molecular flexibility index (Phi) is 5.04. The number of aryl methyl sites for hydroxylation is 1. The molecule has 1 amide bonds. The number of non-ortho nitro benzene ring substituents is 1. The molecular formula is C18H17N3O3S. The highest BCUT2D eigenvalue weighted by molar-refractivity contribution is 8.05. The fourth-order valence-electron chi connectivity index (χ4n) is 2.43. The van der Waals surface area contributed by atoms with Crippen molar-refractivity contribution in [2.75, 3.05) is 5.32 Å². The molecule has 1 atom stereocenters. The smallest absolute Gasteiger partial charge is 0.270 e. The van der Waals surface area contributed by atoms with E-state index in [0.717, 1.165) is 12.1 Å². The van der Waals surface area contributed by atoms with Crippen LogP contribution in [0.3, 0.4) is 0 Å². The average molecular weight is 355 g/mol. The van der Waals surface area contributed by atoms with Gasteiger partial charge in [0.15, 0.2) is 5.50 Å². The average Bonchev–Trinajstić information content (AvgIpc) is 2.95. The highest BCUT2D eigenvalue weighted by atomic mass is 32.2. The summed E-state index contributed by atoms with van der Waals surface area (Å²) < 4.78 is 0. The second-order valence-corrected chi connectivity index (χ2v) is 6.67. The Labute approximate surface area is 149 Å². The summed E-state index contributed by atoms with van der Waals surface area (Å²) in [6, 6.07) is 14.3. The monoisotopic (exact) mass is 355 g/mol. The zero-order valence-corrected chi connectivity index (χ0v) is 14.4. The Morgan fingerprint density at radius 2 is 2.04 bits per heavy atom. The normalized spacial score (nSPS) is 18.2. The Balaban J connectivity index is 1.71. The molecule has 0 radical (unpaired) electrons. The van der Waals surface area contributed by atoms with Crippen LogP contribution in [-0.4, -0.2) is 16.3 Å². The molecule has 25 heavy (non-hydrogen) atoms. The number of nitro groups is 1. The van der Waals surface area contributed by atoms with E-state index >= 15 is 0 Å². The molecule has 2 aromatic rings. The predicted octanol–water partition coefficient (Wildman–Crippen LogP) is 3.76. The maximum Gasteiger partial charge on any atom is 0.270 e. The first-order valence-electron chi connectivity index (χ1n) is 7.84. The van der Waals surface area contributed by atoms with Crippen LogP contribution in [0.5, 0.6) is 0 Å². The first kappa shape index (κ1) is 17.0.